The number of nitrogens with one attached hydrogen (secondary N) is 1. The van der Waals surface area contributed by atoms with E-state index in [4.69, 9.17) is 9.47 Å². The van der Waals surface area contributed by atoms with Gasteiger partial charge in [0.2, 0.25) is 0 Å². The van der Waals surface area contributed by atoms with Crippen LogP contribution in [0.2, 0.25) is 0 Å². The largest absolute Gasteiger partial charge is 0.496 e. The predicted molar refractivity (Wildman–Crippen MR) is 73.4 cm³/mol. The van der Waals surface area contributed by atoms with Crippen LogP contribution in [0.15, 0.2) is 12.1 Å². The number of benzene rings is 1. The van der Waals surface area contributed by atoms with Gasteiger partial charge in [-0.1, -0.05) is 26.0 Å². The minimum absolute atomic E-state index is 0.103. The molecule has 1 aromatic rings. The molecule has 100 valence electrons. The maximum Gasteiger partial charge on any atom is 0.127 e. The molecule has 1 saturated heterocycles. The molecule has 0 radical (unpaired) electrons. The third-order valence-electron chi connectivity index (χ3n) is 3.50. The highest BCUT2D eigenvalue weighted by Crippen LogP contribution is 2.37. The minimum atomic E-state index is 0.103. The second-order valence-electron chi connectivity index (χ2n) is 5.14. The van der Waals surface area contributed by atoms with Crippen molar-refractivity contribution in [2.75, 3.05) is 26.8 Å². The first-order chi connectivity index (χ1) is 8.65. The zero-order chi connectivity index (χ0) is 13.1. The molecular weight excluding hydrogens is 226 g/mol. The van der Waals surface area contributed by atoms with Crippen molar-refractivity contribution in [3.8, 4) is 5.75 Å². The summed E-state index contributed by atoms with van der Waals surface area (Å²) < 4.78 is 11.5. The molecular formula is C15H23NO2. The van der Waals surface area contributed by atoms with Crippen LogP contribution in [0.3, 0.4) is 0 Å². The predicted octanol–water partition coefficient (Wildman–Crippen LogP) is 2.79. The fourth-order valence-corrected chi connectivity index (χ4v) is 2.58. The third kappa shape index (κ3) is 2.52. The molecule has 1 fully saturated rings. The maximum absolute atomic E-state index is 5.91. The van der Waals surface area contributed by atoms with E-state index in [0.29, 0.717) is 5.92 Å². The van der Waals surface area contributed by atoms with Crippen molar-refractivity contribution in [3.05, 3.63) is 28.8 Å². The molecule has 1 unspecified atom stereocenters. The van der Waals surface area contributed by atoms with Gasteiger partial charge in [0.15, 0.2) is 0 Å². The second-order valence-corrected chi connectivity index (χ2v) is 5.14. The average molecular weight is 249 g/mol. The number of morpholine rings is 1. The van der Waals surface area contributed by atoms with Gasteiger partial charge in [-0.15, -0.1) is 0 Å². The molecule has 3 heteroatoms. The summed E-state index contributed by atoms with van der Waals surface area (Å²) in [4.78, 5) is 0. The summed E-state index contributed by atoms with van der Waals surface area (Å²) >= 11 is 0. The fourth-order valence-electron chi connectivity index (χ4n) is 2.58. The van der Waals surface area contributed by atoms with Crippen molar-refractivity contribution in [3.63, 3.8) is 0 Å². The van der Waals surface area contributed by atoms with Crippen LogP contribution in [0.4, 0.5) is 0 Å². The number of aryl methyl sites for hydroxylation is 1. The molecule has 0 spiro atoms. The van der Waals surface area contributed by atoms with E-state index in [1.54, 1.807) is 7.11 Å². The molecule has 0 aliphatic carbocycles. The van der Waals surface area contributed by atoms with E-state index >= 15 is 0 Å². The molecule has 2 rings (SSSR count). The topological polar surface area (TPSA) is 30.5 Å². The summed E-state index contributed by atoms with van der Waals surface area (Å²) in [6.07, 6.45) is 0.103. The lowest BCUT2D eigenvalue weighted by atomic mass is 9.91. The first-order valence-electron chi connectivity index (χ1n) is 6.64. The Labute approximate surface area is 109 Å². The number of ether oxygens (including phenoxy) is 2. The first-order valence-corrected chi connectivity index (χ1v) is 6.64. The van der Waals surface area contributed by atoms with E-state index in [-0.39, 0.29) is 6.10 Å². The van der Waals surface area contributed by atoms with Gasteiger partial charge in [-0.05, 0) is 24.0 Å². The summed E-state index contributed by atoms with van der Waals surface area (Å²) in [5, 5.41) is 3.39. The van der Waals surface area contributed by atoms with Crippen LogP contribution in [0, 0.1) is 6.92 Å². The van der Waals surface area contributed by atoms with Gasteiger partial charge in [-0.2, -0.15) is 0 Å². The normalized spacial score (nSPS) is 20.2. The summed E-state index contributed by atoms with van der Waals surface area (Å²) in [5.41, 5.74) is 3.72. The Kier molecular flexibility index (Phi) is 4.25. The lowest BCUT2D eigenvalue weighted by molar-refractivity contribution is 0.0255. The molecule has 1 aliphatic heterocycles. The smallest absolute Gasteiger partial charge is 0.127 e. The van der Waals surface area contributed by atoms with Crippen LogP contribution in [0.25, 0.3) is 0 Å². The van der Waals surface area contributed by atoms with Crippen molar-refractivity contribution < 1.29 is 9.47 Å². The van der Waals surface area contributed by atoms with Crippen LogP contribution in [-0.4, -0.2) is 26.8 Å². The highest BCUT2D eigenvalue weighted by Gasteiger charge is 2.25. The lowest BCUT2D eigenvalue weighted by Crippen LogP contribution is -2.34. The molecule has 0 bridgehead atoms. The van der Waals surface area contributed by atoms with Gasteiger partial charge in [0.1, 0.15) is 5.75 Å². The second kappa shape index (κ2) is 5.72. The van der Waals surface area contributed by atoms with Gasteiger partial charge in [0.05, 0.1) is 19.8 Å². The Balaban J connectivity index is 2.48. The van der Waals surface area contributed by atoms with Gasteiger partial charge < -0.3 is 14.8 Å². The number of methoxy groups -OCH3 is 1. The zero-order valence-corrected chi connectivity index (χ0v) is 11.7. The van der Waals surface area contributed by atoms with Crippen molar-refractivity contribution >= 4 is 0 Å². The Bertz CT molecular complexity index is 409. The van der Waals surface area contributed by atoms with E-state index in [2.05, 4.69) is 38.2 Å². The van der Waals surface area contributed by atoms with Gasteiger partial charge in [0.25, 0.3) is 0 Å². The van der Waals surface area contributed by atoms with E-state index in [0.717, 1.165) is 25.4 Å². The van der Waals surface area contributed by atoms with Gasteiger partial charge in [-0.25, -0.2) is 0 Å². The van der Waals surface area contributed by atoms with E-state index in [9.17, 15) is 0 Å². The SMILES string of the molecule is COc1c(C)ccc(C(C)C)c1C1CNCCO1. The molecule has 3 nitrogen and oxygen atoms in total. The van der Waals surface area contributed by atoms with Gasteiger partial charge in [0, 0.05) is 18.7 Å². The molecule has 18 heavy (non-hydrogen) atoms. The van der Waals surface area contributed by atoms with Crippen molar-refractivity contribution in [1.29, 1.82) is 0 Å². The number of rotatable bonds is 3. The molecule has 0 aromatic heterocycles. The molecule has 1 aliphatic rings. The van der Waals surface area contributed by atoms with Crippen LogP contribution < -0.4 is 10.1 Å². The summed E-state index contributed by atoms with van der Waals surface area (Å²) in [6, 6.07) is 4.34. The highest BCUT2D eigenvalue weighted by atomic mass is 16.5. The molecule has 1 heterocycles. The van der Waals surface area contributed by atoms with Crippen LogP contribution in [0.1, 0.15) is 42.6 Å². The van der Waals surface area contributed by atoms with E-state index in [1.165, 1.54) is 16.7 Å². The van der Waals surface area contributed by atoms with Crippen LogP contribution >= 0.6 is 0 Å². The Morgan fingerprint density at radius 3 is 2.72 bits per heavy atom. The molecule has 1 aromatic carbocycles. The average Bonchev–Trinajstić information content (AvgIpc) is 2.39. The molecule has 1 atom stereocenters. The van der Waals surface area contributed by atoms with Crippen molar-refractivity contribution in [2.45, 2.75) is 32.8 Å². The number of hydrogen-bond acceptors (Lipinski definition) is 3. The third-order valence-corrected chi connectivity index (χ3v) is 3.50. The monoisotopic (exact) mass is 249 g/mol. The molecule has 0 saturated carbocycles. The highest BCUT2D eigenvalue weighted by molar-refractivity contribution is 5.48. The van der Waals surface area contributed by atoms with Crippen molar-refractivity contribution in [2.24, 2.45) is 0 Å². The van der Waals surface area contributed by atoms with Gasteiger partial charge >= 0.3 is 0 Å². The Hall–Kier alpha value is -1.06. The van der Waals surface area contributed by atoms with Gasteiger partial charge in [-0.3, -0.25) is 0 Å². The van der Waals surface area contributed by atoms with Crippen molar-refractivity contribution in [1.82, 2.24) is 5.32 Å². The number of hydrogen-bond donors (Lipinski definition) is 1. The van der Waals surface area contributed by atoms with Crippen LogP contribution in [-0.2, 0) is 4.74 Å². The molecule has 0 amide bonds. The Morgan fingerprint density at radius 2 is 2.17 bits per heavy atom. The van der Waals surface area contributed by atoms with E-state index in [1.807, 2.05) is 0 Å². The van der Waals surface area contributed by atoms with E-state index < -0.39 is 0 Å². The molecule has 1 N–H and O–H groups in total. The Morgan fingerprint density at radius 1 is 1.39 bits per heavy atom. The summed E-state index contributed by atoms with van der Waals surface area (Å²) in [7, 11) is 1.74. The summed E-state index contributed by atoms with van der Waals surface area (Å²) in [5.74, 6) is 1.45. The fraction of sp³-hybridized carbons (Fsp3) is 0.600. The standard InChI is InChI=1S/C15H23NO2/c1-10(2)12-6-5-11(3)15(17-4)14(12)13-9-16-7-8-18-13/h5-6,10,13,16H,7-9H2,1-4H3. The quantitative estimate of drug-likeness (QED) is 0.893. The van der Waals surface area contributed by atoms with Crippen LogP contribution in [0.5, 0.6) is 5.75 Å². The lowest BCUT2D eigenvalue weighted by Gasteiger charge is -2.29. The first kappa shape index (κ1) is 13.4. The summed E-state index contributed by atoms with van der Waals surface area (Å²) in [6.45, 7) is 9.07. The minimum Gasteiger partial charge on any atom is -0.496 e. The maximum atomic E-state index is 5.91. The zero-order valence-electron chi connectivity index (χ0n) is 11.7.